The Hall–Kier alpha value is -1.43. The van der Waals surface area contributed by atoms with Crippen molar-refractivity contribution >= 4 is 27.4 Å². The molecule has 0 atom stereocenters. The second-order valence-corrected chi connectivity index (χ2v) is 6.26. The number of carboxylic acid groups (broad SMARTS) is 1. The zero-order valence-electron chi connectivity index (χ0n) is 13.2. The molecule has 120 valence electrons. The maximum Gasteiger partial charge on any atom is 0.345 e. The van der Waals surface area contributed by atoms with Crippen molar-refractivity contribution in [2.24, 2.45) is 0 Å². The van der Waals surface area contributed by atoms with Gasteiger partial charge in [0.25, 0.3) is 0 Å². The first kappa shape index (κ1) is 16.9. The fraction of sp³-hybridized carbons (Fsp3) is 0.471. The monoisotopic (exact) mass is 321 g/mol. The quantitative estimate of drug-likeness (QED) is 0.718. The van der Waals surface area contributed by atoms with E-state index in [0.717, 1.165) is 42.7 Å². The van der Waals surface area contributed by atoms with Crippen LogP contribution in [0.3, 0.4) is 0 Å². The van der Waals surface area contributed by atoms with E-state index in [2.05, 4.69) is 30.9 Å². The van der Waals surface area contributed by atoms with Crippen molar-refractivity contribution in [3.63, 3.8) is 0 Å². The molecular formula is C17H23NO3S. The lowest BCUT2D eigenvalue weighted by Gasteiger charge is -2.17. The van der Waals surface area contributed by atoms with Crippen molar-refractivity contribution in [1.29, 1.82) is 0 Å². The Morgan fingerprint density at radius 1 is 1.23 bits per heavy atom. The van der Waals surface area contributed by atoms with Crippen LogP contribution in [0.2, 0.25) is 0 Å². The molecule has 0 unspecified atom stereocenters. The summed E-state index contributed by atoms with van der Waals surface area (Å²) in [4.78, 5) is 13.7. The summed E-state index contributed by atoms with van der Waals surface area (Å²) in [7, 11) is 0. The molecule has 22 heavy (non-hydrogen) atoms. The van der Waals surface area contributed by atoms with Gasteiger partial charge in [-0.25, -0.2) is 4.79 Å². The summed E-state index contributed by atoms with van der Waals surface area (Å²) in [5, 5.41) is 10.0. The number of hydrogen-bond acceptors (Lipinski definition) is 4. The standard InChI is InChI=1S/C17H23NO3S/c1-3-18(4-2)8-10-21-9-7-13-5-6-15-14(11-13)12-16(22-15)17(19)20/h5-6,11-12H,3-4,7-10H2,1-2H3,(H,19,20). The highest BCUT2D eigenvalue weighted by Gasteiger charge is 2.08. The number of hydrogen-bond donors (Lipinski definition) is 1. The topological polar surface area (TPSA) is 49.8 Å². The van der Waals surface area contributed by atoms with Crippen molar-refractivity contribution in [3.8, 4) is 0 Å². The van der Waals surface area contributed by atoms with E-state index >= 15 is 0 Å². The Bertz CT molecular complexity index is 619. The van der Waals surface area contributed by atoms with Gasteiger partial charge in [0.1, 0.15) is 4.88 Å². The molecule has 1 N–H and O–H groups in total. The van der Waals surface area contributed by atoms with Crippen molar-refractivity contribution in [2.75, 3.05) is 32.8 Å². The van der Waals surface area contributed by atoms with Gasteiger partial charge in [0.15, 0.2) is 0 Å². The van der Waals surface area contributed by atoms with Gasteiger partial charge in [-0.2, -0.15) is 0 Å². The summed E-state index contributed by atoms with van der Waals surface area (Å²) >= 11 is 1.32. The number of nitrogens with zero attached hydrogens (tertiary/aromatic N) is 1. The van der Waals surface area contributed by atoms with E-state index in [1.54, 1.807) is 6.07 Å². The lowest BCUT2D eigenvalue weighted by Crippen LogP contribution is -2.27. The number of rotatable bonds is 9. The van der Waals surface area contributed by atoms with E-state index in [1.165, 1.54) is 16.9 Å². The van der Waals surface area contributed by atoms with E-state index in [1.807, 2.05) is 6.07 Å². The molecular weight excluding hydrogens is 298 g/mol. The predicted octanol–water partition coefficient (Wildman–Crippen LogP) is 3.50. The van der Waals surface area contributed by atoms with Gasteiger partial charge in [0, 0.05) is 11.2 Å². The summed E-state index contributed by atoms with van der Waals surface area (Å²) in [5.74, 6) is -0.859. The number of carbonyl (C=O) groups is 1. The van der Waals surface area contributed by atoms with Gasteiger partial charge in [-0.3, -0.25) is 0 Å². The van der Waals surface area contributed by atoms with Crippen LogP contribution in [0.1, 0.15) is 29.1 Å². The summed E-state index contributed by atoms with van der Waals surface area (Å²) in [6.07, 6.45) is 0.854. The molecule has 2 rings (SSSR count). The van der Waals surface area contributed by atoms with Crippen molar-refractivity contribution in [3.05, 3.63) is 34.7 Å². The molecule has 0 bridgehead atoms. The number of likely N-dealkylation sites (N-methyl/N-ethyl adjacent to an activating group) is 1. The lowest BCUT2D eigenvalue weighted by molar-refractivity contribution is 0.0702. The Morgan fingerprint density at radius 2 is 2.00 bits per heavy atom. The minimum Gasteiger partial charge on any atom is -0.477 e. The molecule has 0 aliphatic heterocycles. The molecule has 1 aromatic carbocycles. The largest absolute Gasteiger partial charge is 0.477 e. The Kier molecular flexibility index (Phi) is 6.36. The number of thiophene rings is 1. The van der Waals surface area contributed by atoms with Crippen LogP contribution >= 0.6 is 11.3 Å². The van der Waals surface area contributed by atoms with Crippen LogP contribution in [0.4, 0.5) is 0 Å². The molecule has 0 spiro atoms. The van der Waals surface area contributed by atoms with E-state index in [9.17, 15) is 4.79 Å². The third-order valence-corrected chi connectivity index (χ3v) is 4.88. The molecule has 5 heteroatoms. The molecule has 4 nitrogen and oxygen atoms in total. The first-order chi connectivity index (χ1) is 10.6. The van der Waals surface area contributed by atoms with E-state index in [4.69, 9.17) is 9.84 Å². The van der Waals surface area contributed by atoms with Crippen LogP contribution in [0.5, 0.6) is 0 Å². The van der Waals surface area contributed by atoms with Gasteiger partial charge in [0.05, 0.1) is 13.2 Å². The van der Waals surface area contributed by atoms with E-state index in [-0.39, 0.29) is 0 Å². The first-order valence-corrected chi connectivity index (χ1v) is 8.51. The number of ether oxygens (including phenoxy) is 1. The molecule has 1 heterocycles. The zero-order chi connectivity index (χ0) is 15.9. The third-order valence-electron chi connectivity index (χ3n) is 3.77. The maximum absolute atomic E-state index is 11.0. The average molecular weight is 321 g/mol. The lowest BCUT2D eigenvalue weighted by atomic mass is 10.1. The molecule has 0 saturated carbocycles. The molecule has 0 aliphatic rings. The smallest absolute Gasteiger partial charge is 0.345 e. The van der Waals surface area contributed by atoms with Gasteiger partial charge >= 0.3 is 5.97 Å². The summed E-state index contributed by atoms with van der Waals surface area (Å²) in [6.45, 7) is 8.85. The minimum absolute atomic E-state index is 0.391. The van der Waals surface area contributed by atoms with E-state index < -0.39 is 5.97 Å². The minimum atomic E-state index is -0.859. The van der Waals surface area contributed by atoms with Gasteiger partial charge in [-0.1, -0.05) is 26.0 Å². The Labute approximate surface area is 135 Å². The highest BCUT2D eigenvalue weighted by atomic mass is 32.1. The van der Waals surface area contributed by atoms with E-state index in [0.29, 0.717) is 11.5 Å². The van der Waals surface area contributed by atoms with Crippen LogP contribution in [0.25, 0.3) is 10.1 Å². The first-order valence-electron chi connectivity index (χ1n) is 7.70. The summed E-state index contributed by atoms with van der Waals surface area (Å²) < 4.78 is 6.71. The number of benzene rings is 1. The van der Waals surface area contributed by atoms with Gasteiger partial charge < -0.3 is 14.7 Å². The SMILES string of the molecule is CCN(CC)CCOCCc1ccc2sc(C(=O)O)cc2c1. The van der Waals surface area contributed by atoms with Crippen LogP contribution in [0, 0.1) is 0 Å². The number of aromatic carboxylic acids is 1. The average Bonchev–Trinajstić information content (AvgIpc) is 2.94. The summed E-state index contributed by atoms with van der Waals surface area (Å²) in [6, 6.07) is 7.86. The normalized spacial score (nSPS) is 11.4. The maximum atomic E-state index is 11.0. The highest BCUT2D eigenvalue weighted by Crippen LogP contribution is 2.26. The predicted molar refractivity (Wildman–Crippen MR) is 91.1 cm³/mol. The van der Waals surface area contributed by atoms with Gasteiger partial charge in [0.2, 0.25) is 0 Å². The molecule has 1 aromatic heterocycles. The van der Waals surface area contributed by atoms with Crippen LogP contribution in [0.15, 0.2) is 24.3 Å². The highest BCUT2D eigenvalue weighted by molar-refractivity contribution is 7.20. The van der Waals surface area contributed by atoms with Crippen LogP contribution in [-0.4, -0.2) is 48.8 Å². The molecule has 0 radical (unpaired) electrons. The molecule has 0 fully saturated rings. The van der Waals surface area contributed by atoms with Gasteiger partial charge in [-0.05, 0) is 42.6 Å². The number of fused-ring (bicyclic) bond motifs is 1. The van der Waals surface area contributed by atoms with Crippen molar-refractivity contribution < 1.29 is 14.6 Å². The van der Waals surface area contributed by atoms with Crippen molar-refractivity contribution in [1.82, 2.24) is 4.90 Å². The second kappa shape index (κ2) is 8.27. The number of carboxylic acids is 1. The van der Waals surface area contributed by atoms with Crippen LogP contribution < -0.4 is 0 Å². The Balaban J connectivity index is 1.83. The molecule has 0 aliphatic carbocycles. The Morgan fingerprint density at radius 3 is 2.68 bits per heavy atom. The molecule has 0 amide bonds. The van der Waals surface area contributed by atoms with Crippen LogP contribution in [-0.2, 0) is 11.2 Å². The fourth-order valence-corrected chi connectivity index (χ4v) is 3.26. The zero-order valence-corrected chi connectivity index (χ0v) is 14.0. The molecule has 0 saturated heterocycles. The van der Waals surface area contributed by atoms with Gasteiger partial charge in [-0.15, -0.1) is 11.3 Å². The third kappa shape index (κ3) is 4.53. The second-order valence-electron chi connectivity index (χ2n) is 5.18. The summed E-state index contributed by atoms with van der Waals surface area (Å²) in [5.41, 5.74) is 1.19. The van der Waals surface area contributed by atoms with Crippen molar-refractivity contribution in [2.45, 2.75) is 20.3 Å². The molecule has 2 aromatic rings. The fourth-order valence-electron chi connectivity index (χ4n) is 2.38.